The molecule has 1 fully saturated rings. The molecule has 5 heteroatoms. The molecular formula is C3H7N3OS. The molecular weight excluding hydrogens is 126 g/mol. The van der Waals surface area contributed by atoms with Gasteiger partial charge in [0.15, 0.2) is 0 Å². The normalized spacial score (nSPS) is 27.8. The highest BCUT2D eigenvalue weighted by Crippen LogP contribution is 2.02. The van der Waals surface area contributed by atoms with Gasteiger partial charge in [-0.15, -0.1) is 0 Å². The molecule has 4 nitrogen and oxygen atoms in total. The zero-order chi connectivity index (χ0) is 5.82. The predicted molar refractivity (Wildman–Crippen MR) is 31.7 cm³/mol. The molecule has 1 saturated heterocycles. The summed E-state index contributed by atoms with van der Waals surface area (Å²) in [7, 11) is 0. The number of nitrogens with one attached hydrogen (secondary N) is 3. The van der Waals surface area contributed by atoms with Crippen LogP contribution >= 0.6 is 11.9 Å². The third-order valence-electron chi connectivity index (χ3n) is 0.780. The van der Waals surface area contributed by atoms with E-state index in [-0.39, 0.29) is 5.50 Å². The van der Waals surface area contributed by atoms with Crippen LogP contribution in [0.1, 0.15) is 0 Å². The van der Waals surface area contributed by atoms with Gasteiger partial charge in [0.1, 0.15) is 5.50 Å². The number of carbonyl (C=O) groups excluding carboxylic acids is 1. The van der Waals surface area contributed by atoms with Gasteiger partial charge < -0.3 is 5.32 Å². The first-order chi connectivity index (χ1) is 3.93. The summed E-state index contributed by atoms with van der Waals surface area (Å²) in [5, 5.41) is 5.52. The summed E-state index contributed by atoms with van der Waals surface area (Å²) >= 11 is 1.46. The van der Waals surface area contributed by atoms with Crippen molar-refractivity contribution in [1.82, 2.24) is 15.4 Å². The molecule has 1 atom stereocenters. The van der Waals surface area contributed by atoms with Crippen molar-refractivity contribution >= 4 is 18.4 Å². The zero-order valence-electron chi connectivity index (χ0n) is 4.18. The maximum absolute atomic E-state index is 9.77. The molecule has 0 radical (unpaired) electrons. The molecule has 0 aromatic rings. The molecule has 3 N–H and O–H groups in total. The number of carbonyl (C=O) groups is 1. The van der Waals surface area contributed by atoms with Crippen molar-refractivity contribution in [1.29, 1.82) is 0 Å². The highest BCUT2D eigenvalue weighted by Gasteiger charge is 2.10. The molecule has 0 spiro atoms. The second-order valence-corrected chi connectivity index (χ2v) is 2.30. The van der Waals surface area contributed by atoms with Gasteiger partial charge in [0.2, 0.25) is 6.41 Å². The van der Waals surface area contributed by atoms with Gasteiger partial charge in [-0.3, -0.25) is 10.1 Å². The number of hydrogen-bond acceptors (Lipinski definition) is 4. The largest absolute Gasteiger partial charge is 0.333 e. The summed E-state index contributed by atoms with van der Waals surface area (Å²) in [4.78, 5) is 9.77. The molecule has 0 aromatic carbocycles. The highest BCUT2D eigenvalue weighted by atomic mass is 32.2. The van der Waals surface area contributed by atoms with E-state index < -0.39 is 0 Å². The van der Waals surface area contributed by atoms with Crippen LogP contribution in [0.5, 0.6) is 0 Å². The zero-order valence-corrected chi connectivity index (χ0v) is 4.99. The fourth-order valence-corrected chi connectivity index (χ4v) is 1.08. The van der Waals surface area contributed by atoms with E-state index in [2.05, 4.69) is 15.4 Å². The average Bonchev–Trinajstić information content (AvgIpc) is 2.19. The summed E-state index contributed by atoms with van der Waals surface area (Å²) in [5.41, 5.74) is 0.0486. The molecule has 1 aliphatic heterocycles. The minimum Gasteiger partial charge on any atom is -0.333 e. The van der Waals surface area contributed by atoms with Crippen LogP contribution in [-0.2, 0) is 4.79 Å². The fourth-order valence-electron chi connectivity index (χ4n) is 0.456. The van der Waals surface area contributed by atoms with Crippen LogP contribution in [0.4, 0.5) is 0 Å². The lowest BCUT2D eigenvalue weighted by atomic mass is 10.9. The summed E-state index contributed by atoms with van der Waals surface area (Å²) in [5.74, 6) is 0. The van der Waals surface area contributed by atoms with E-state index in [1.54, 1.807) is 0 Å². The van der Waals surface area contributed by atoms with Crippen LogP contribution in [0.2, 0.25) is 0 Å². The van der Waals surface area contributed by atoms with Crippen LogP contribution in [0.3, 0.4) is 0 Å². The Morgan fingerprint density at radius 2 is 2.75 bits per heavy atom. The standard InChI is InChI=1S/C3H7N3OS/c7-2-5-3-4-1-6-8-3/h2-4,6H,1H2,(H,5,7). The molecule has 1 rings (SSSR count). The Morgan fingerprint density at radius 1 is 1.88 bits per heavy atom. The molecule has 0 saturated carbocycles. The Morgan fingerprint density at radius 3 is 3.25 bits per heavy atom. The van der Waals surface area contributed by atoms with E-state index in [9.17, 15) is 4.79 Å². The van der Waals surface area contributed by atoms with Crippen molar-refractivity contribution in [2.45, 2.75) is 5.50 Å². The van der Waals surface area contributed by atoms with E-state index >= 15 is 0 Å². The first kappa shape index (κ1) is 5.87. The SMILES string of the molecule is O=CNC1NCNS1. The first-order valence-corrected chi connectivity index (χ1v) is 3.13. The van der Waals surface area contributed by atoms with Crippen LogP contribution in [0.15, 0.2) is 0 Å². The van der Waals surface area contributed by atoms with Gasteiger partial charge in [0, 0.05) is 0 Å². The van der Waals surface area contributed by atoms with E-state index in [1.165, 1.54) is 11.9 Å². The maximum Gasteiger partial charge on any atom is 0.209 e. The second-order valence-electron chi connectivity index (χ2n) is 1.31. The average molecular weight is 133 g/mol. The van der Waals surface area contributed by atoms with E-state index in [0.717, 1.165) is 6.67 Å². The van der Waals surface area contributed by atoms with Gasteiger partial charge in [-0.25, -0.2) is 4.72 Å². The Labute approximate surface area is 51.5 Å². The smallest absolute Gasteiger partial charge is 0.209 e. The van der Waals surface area contributed by atoms with Crippen LogP contribution in [-0.4, -0.2) is 18.6 Å². The van der Waals surface area contributed by atoms with Crippen molar-refractivity contribution in [2.24, 2.45) is 0 Å². The topological polar surface area (TPSA) is 53.2 Å². The molecule has 0 bridgehead atoms. The Bertz CT molecular complexity index is 82.6. The lowest BCUT2D eigenvalue weighted by molar-refractivity contribution is -0.109. The summed E-state index contributed by atoms with van der Waals surface area (Å²) < 4.78 is 2.94. The summed E-state index contributed by atoms with van der Waals surface area (Å²) in [6.07, 6.45) is 0.678. The monoisotopic (exact) mass is 133 g/mol. The van der Waals surface area contributed by atoms with Gasteiger partial charge >= 0.3 is 0 Å². The molecule has 1 aliphatic rings. The quantitative estimate of drug-likeness (QED) is 0.328. The Kier molecular flexibility index (Phi) is 2.13. The highest BCUT2D eigenvalue weighted by molar-refractivity contribution is 7.98. The molecule has 1 unspecified atom stereocenters. The van der Waals surface area contributed by atoms with E-state index in [4.69, 9.17) is 0 Å². The van der Waals surface area contributed by atoms with E-state index in [0.29, 0.717) is 6.41 Å². The third-order valence-corrected chi connectivity index (χ3v) is 1.63. The van der Waals surface area contributed by atoms with Crippen LogP contribution in [0, 0.1) is 0 Å². The molecule has 1 heterocycles. The van der Waals surface area contributed by atoms with Crippen LogP contribution in [0.25, 0.3) is 0 Å². The van der Waals surface area contributed by atoms with Crippen molar-refractivity contribution in [3.8, 4) is 0 Å². The van der Waals surface area contributed by atoms with Crippen molar-refractivity contribution in [2.75, 3.05) is 6.67 Å². The first-order valence-electron chi connectivity index (χ1n) is 2.25. The summed E-state index contributed by atoms with van der Waals surface area (Å²) in [6, 6.07) is 0. The molecule has 8 heavy (non-hydrogen) atoms. The van der Waals surface area contributed by atoms with Gasteiger partial charge in [0.25, 0.3) is 0 Å². The molecule has 1 amide bonds. The number of rotatable bonds is 2. The summed E-state index contributed by atoms with van der Waals surface area (Å²) in [6.45, 7) is 0.746. The second kappa shape index (κ2) is 2.91. The fraction of sp³-hybridized carbons (Fsp3) is 0.667. The van der Waals surface area contributed by atoms with Crippen molar-refractivity contribution in [3.05, 3.63) is 0 Å². The molecule has 0 aromatic heterocycles. The van der Waals surface area contributed by atoms with Gasteiger partial charge in [-0.05, 0) is 11.9 Å². The molecule has 46 valence electrons. The van der Waals surface area contributed by atoms with E-state index in [1.807, 2.05) is 0 Å². The van der Waals surface area contributed by atoms with Crippen molar-refractivity contribution in [3.63, 3.8) is 0 Å². The lowest BCUT2D eigenvalue weighted by Crippen LogP contribution is -2.34. The minimum atomic E-state index is 0.0486. The molecule has 0 aliphatic carbocycles. The number of hydrogen-bond donors (Lipinski definition) is 3. The maximum atomic E-state index is 9.77. The minimum absolute atomic E-state index is 0.0486. The van der Waals surface area contributed by atoms with Gasteiger partial charge in [-0.1, -0.05) is 0 Å². The third kappa shape index (κ3) is 1.36. The Hall–Kier alpha value is -0.260. The number of amides is 1. The van der Waals surface area contributed by atoms with Gasteiger partial charge in [-0.2, -0.15) is 0 Å². The van der Waals surface area contributed by atoms with Crippen LogP contribution < -0.4 is 15.4 Å². The Balaban J connectivity index is 2.14. The predicted octanol–water partition coefficient (Wildman–Crippen LogP) is -1.19. The van der Waals surface area contributed by atoms with Crippen molar-refractivity contribution < 1.29 is 4.79 Å². The lowest BCUT2D eigenvalue weighted by Gasteiger charge is -2.02. The van der Waals surface area contributed by atoms with Gasteiger partial charge in [0.05, 0.1) is 6.67 Å².